The van der Waals surface area contributed by atoms with Gasteiger partial charge in [-0.15, -0.1) is 11.3 Å². The summed E-state index contributed by atoms with van der Waals surface area (Å²) in [6, 6.07) is 16.4. The van der Waals surface area contributed by atoms with Crippen LogP contribution in [0, 0.1) is 6.92 Å². The van der Waals surface area contributed by atoms with Gasteiger partial charge in [0.2, 0.25) is 0 Å². The number of carbonyl (C=O) groups excluding carboxylic acids is 1. The first-order valence-corrected chi connectivity index (χ1v) is 10.6. The van der Waals surface area contributed by atoms with E-state index in [1.165, 1.54) is 15.3 Å². The van der Waals surface area contributed by atoms with Crippen LogP contribution in [-0.2, 0) is 0 Å². The fraction of sp³-hybridized carbons (Fsp3) is 0.182. The molecule has 2 aromatic carbocycles. The minimum absolute atomic E-state index is 0.0661. The number of aliphatic imine (C=N–C) groups is 1. The molecule has 0 bridgehead atoms. The van der Waals surface area contributed by atoms with Crippen molar-refractivity contribution in [1.29, 1.82) is 0 Å². The Hall–Kier alpha value is -2.37. The Morgan fingerprint density at radius 3 is 2.63 bits per heavy atom. The normalized spacial score (nSPS) is 12.8. The number of nitrogens with zero attached hydrogens (tertiary/aromatic N) is 1. The molecule has 1 aliphatic rings. The zero-order valence-electron chi connectivity index (χ0n) is 15.4. The lowest BCUT2D eigenvalue weighted by Crippen LogP contribution is -2.29. The second kappa shape index (κ2) is 7.33. The molecule has 0 saturated heterocycles. The van der Waals surface area contributed by atoms with Crippen LogP contribution in [0.1, 0.15) is 40.2 Å². The fourth-order valence-electron chi connectivity index (χ4n) is 3.02. The molecule has 0 aliphatic carbocycles. The fourth-order valence-corrected chi connectivity index (χ4v) is 4.95. The van der Waals surface area contributed by atoms with Crippen LogP contribution in [0.3, 0.4) is 0 Å². The highest BCUT2D eigenvalue weighted by Gasteiger charge is 2.21. The maximum absolute atomic E-state index is 12.4. The third-order valence-electron chi connectivity index (χ3n) is 4.31. The number of hydrogen-bond donors (Lipinski definition) is 1. The first-order valence-electron chi connectivity index (χ1n) is 8.88. The van der Waals surface area contributed by atoms with Crippen LogP contribution in [-0.4, -0.2) is 17.7 Å². The van der Waals surface area contributed by atoms with E-state index >= 15 is 0 Å². The Balaban J connectivity index is 1.87. The molecule has 0 atom stereocenters. The lowest BCUT2D eigenvalue weighted by Gasteiger charge is -2.10. The number of hydrogen-bond acceptors (Lipinski definition) is 4. The van der Waals surface area contributed by atoms with Crippen molar-refractivity contribution in [3.8, 4) is 0 Å². The van der Waals surface area contributed by atoms with Crippen LogP contribution in [0.4, 0.5) is 5.69 Å². The Labute approximate surface area is 167 Å². The van der Waals surface area contributed by atoms with Gasteiger partial charge >= 0.3 is 0 Å². The lowest BCUT2D eigenvalue weighted by molar-refractivity contribution is 0.0943. The molecular weight excluding hydrogens is 372 g/mol. The molecule has 2 heterocycles. The van der Waals surface area contributed by atoms with Crippen LogP contribution < -0.4 is 5.32 Å². The van der Waals surface area contributed by atoms with E-state index in [-0.39, 0.29) is 11.9 Å². The molecule has 0 radical (unpaired) electrons. The topological polar surface area (TPSA) is 41.5 Å². The molecule has 0 saturated carbocycles. The van der Waals surface area contributed by atoms with Gasteiger partial charge in [0.15, 0.2) is 0 Å². The summed E-state index contributed by atoms with van der Waals surface area (Å²) in [7, 11) is 0. The van der Waals surface area contributed by atoms with Crippen molar-refractivity contribution in [1.82, 2.24) is 5.32 Å². The molecule has 27 heavy (non-hydrogen) atoms. The van der Waals surface area contributed by atoms with Crippen molar-refractivity contribution in [3.05, 3.63) is 75.5 Å². The van der Waals surface area contributed by atoms with E-state index in [2.05, 4.69) is 48.0 Å². The molecule has 4 rings (SSSR count). The summed E-state index contributed by atoms with van der Waals surface area (Å²) in [6.07, 6.45) is 0. The molecule has 3 aromatic rings. The summed E-state index contributed by atoms with van der Waals surface area (Å²) in [5.74, 6) is -0.0661. The monoisotopic (exact) mass is 392 g/mol. The van der Waals surface area contributed by atoms with E-state index in [0.717, 1.165) is 21.9 Å². The number of aryl methyl sites for hydroxylation is 1. The maximum Gasteiger partial charge on any atom is 0.251 e. The number of fused-ring (bicyclic) bond motifs is 2. The summed E-state index contributed by atoms with van der Waals surface area (Å²) in [4.78, 5) is 20.9. The SMILES string of the molecule is Cc1ccsc1C1=Nc2cc(C(=O)NC(C)C)ccc2Sc2ccccc21. The Bertz CT molecular complexity index is 1050. The van der Waals surface area contributed by atoms with Gasteiger partial charge in [-0.2, -0.15) is 0 Å². The van der Waals surface area contributed by atoms with Gasteiger partial charge < -0.3 is 5.32 Å². The van der Waals surface area contributed by atoms with Gasteiger partial charge in [-0.1, -0.05) is 30.0 Å². The van der Waals surface area contributed by atoms with Gasteiger partial charge in [0.1, 0.15) is 0 Å². The van der Waals surface area contributed by atoms with Crippen molar-refractivity contribution in [2.45, 2.75) is 36.6 Å². The number of thiophene rings is 1. The average molecular weight is 393 g/mol. The second-order valence-electron chi connectivity index (χ2n) is 6.80. The molecule has 1 aromatic heterocycles. The quantitative estimate of drug-likeness (QED) is 0.477. The molecule has 1 N–H and O–H groups in total. The Kier molecular flexibility index (Phi) is 4.89. The molecule has 5 heteroatoms. The minimum Gasteiger partial charge on any atom is -0.350 e. The van der Waals surface area contributed by atoms with Crippen LogP contribution in [0.2, 0.25) is 0 Å². The number of carbonyl (C=O) groups is 1. The van der Waals surface area contributed by atoms with Gasteiger partial charge in [-0.05, 0) is 62.0 Å². The van der Waals surface area contributed by atoms with E-state index < -0.39 is 0 Å². The lowest BCUT2D eigenvalue weighted by atomic mass is 10.1. The molecule has 0 fully saturated rings. The minimum atomic E-state index is -0.0661. The third-order valence-corrected chi connectivity index (χ3v) is 6.48. The van der Waals surface area contributed by atoms with Gasteiger partial charge in [0, 0.05) is 27.0 Å². The van der Waals surface area contributed by atoms with Crippen molar-refractivity contribution in [2.24, 2.45) is 4.99 Å². The summed E-state index contributed by atoms with van der Waals surface area (Å²) in [5.41, 5.74) is 4.81. The van der Waals surface area contributed by atoms with Crippen LogP contribution in [0.25, 0.3) is 0 Å². The number of benzene rings is 2. The largest absolute Gasteiger partial charge is 0.350 e. The Morgan fingerprint density at radius 1 is 1.07 bits per heavy atom. The standard InChI is InChI=1S/C22H20N2OS2/c1-13(2)23-22(25)15-8-9-19-17(12-15)24-20(21-14(3)10-11-26-21)16-6-4-5-7-18(16)27-19/h4-13H,1-3H3,(H,23,25). The first-order chi connectivity index (χ1) is 13.0. The van der Waals surface area contributed by atoms with Gasteiger partial charge in [-0.25, -0.2) is 4.99 Å². The molecule has 3 nitrogen and oxygen atoms in total. The van der Waals surface area contributed by atoms with Gasteiger partial charge in [-0.3, -0.25) is 4.79 Å². The van der Waals surface area contributed by atoms with Crippen LogP contribution in [0.15, 0.2) is 68.7 Å². The molecule has 0 unspecified atom stereocenters. The van der Waals surface area contributed by atoms with Crippen molar-refractivity contribution < 1.29 is 4.79 Å². The number of amides is 1. The number of rotatable bonds is 3. The zero-order chi connectivity index (χ0) is 19.0. The van der Waals surface area contributed by atoms with Crippen LogP contribution >= 0.6 is 23.1 Å². The van der Waals surface area contributed by atoms with Crippen LogP contribution in [0.5, 0.6) is 0 Å². The zero-order valence-corrected chi connectivity index (χ0v) is 17.1. The van der Waals surface area contributed by atoms with Crippen molar-refractivity contribution in [2.75, 3.05) is 0 Å². The highest BCUT2D eigenvalue weighted by Crippen LogP contribution is 2.42. The van der Waals surface area contributed by atoms with Crippen molar-refractivity contribution >= 4 is 40.4 Å². The maximum atomic E-state index is 12.4. The highest BCUT2D eigenvalue weighted by molar-refractivity contribution is 7.99. The summed E-state index contributed by atoms with van der Waals surface area (Å²) < 4.78 is 0. The number of nitrogens with one attached hydrogen (secondary N) is 1. The third kappa shape index (κ3) is 3.57. The molecular formula is C22H20N2OS2. The summed E-state index contributed by atoms with van der Waals surface area (Å²) in [5, 5.41) is 5.05. The van der Waals surface area contributed by atoms with Gasteiger partial charge in [0.05, 0.1) is 16.3 Å². The smallest absolute Gasteiger partial charge is 0.251 e. The molecule has 1 amide bonds. The molecule has 1 aliphatic heterocycles. The summed E-state index contributed by atoms with van der Waals surface area (Å²) >= 11 is 3.41. The van der Waals surface area contributed by atoms with E-state index in [9.17, 15) is 4.79 Å². The highest BCUT2D eigenvalue weighted by atomic mass is 32.2. The molecule has 136 valence electrons. The average Bonchev–Trinajstić information content (AvgIpc) is 2.99. The van der Waals surface area contributed by atoms with Crippen molar-refractivity contribution in [3.63, 3.8) is 0 Å². The summed E-state index contributed by atoms with van der Waals surface area (Å²) in [6.45, 7) is 6.04. The Morgan fingerprint density at radius 2 is 1.89 bits per heavy atom. The molecule has 0 spiro atoms. The first kappa shape index (κ1) is 18.0. The van der Waals surface area contributed by atoms with E-state index in [1.54, 1.807) is 23.1 Å². The second-order valence-corrected chi connectivity index (χ2v) is 8.80. The predicted octanol–water partition coefficient (Wildman–Crippen LogP) is 5.83. The van der Waals surface area contributed by atoms with E-state index in [1.807, 2.05) is 32.0 Å². The predicted molar refractivity (Wildman–Crippen MR) is 114 cm³/mol. The van der Waals surface area contributed by atoms with E-state index in [4.69, 9.17) is 4.99 Å². The van der Waals surface area contributed by atoms with E-state index in [0.29, 0.717) is 5.56 Å². The van der Waals surface area contributed by atoms with Gasteiger partial charge in [0.25, 0.3) is 5.91 Å².